The van der Waals surface area contributed by atoms with Gasteiger partial charge in [0.1, 0.15) is 0 Å². The minimum absolute atomic E-state index is 0.813. The smallest absolute Gasteiger partial charge is 0.171 e. The van der Waals surface area contributed by atoms with Crippen LogP contribution in [0, 0.1) is 0 Å². The summed E-state index contributed by atoms with van der Waals surface area (Å²) in [6.07, 6.45) is 2.20. The van der Waals surface area contributed by atoms with Crippen molar-refractivity contribution in [2.75, 3.05) is 0 Å². The van der Waals surface area contributed by atoms with E-state index in [1.54, 1.807) is 0 Å². The minimum atomic E-state index is -3.10. The van der Waals surface area contributed by atoms with Crippen molar-refractivity contribution in [1.82, 2.24) is 9.13 Å². The van der Waals surface area contributed by atoms with Gasteiger partial charge in [0.05, 0.1) is 16.6 Å². The van der Waals surface area contributed by atoms with Gasteiger partial charge in [0.15, 0.2) is 7.14 Å². The van der Waals surface area contributed by atoms with Gasteiger partial charge in [0.2, 0.25) is 0 Å². The molecule has 0 N–H and O–H groups in total. The Morgan fingerprint density at radius 3 is 1.46 bits per heavy atom. The summed E-state index contributed by atoms with van der Waals surface area (Å²) in [5.41, 5.74) is 10.3. The van der Waals surface area contributed by atoms with E-state index in [4.69, 9.17) is 0 Å². The molecule has 2 heterocycles. The maximum absolute atomic E-state index is 15.2. The lowest BCUT2D eigenvalue weighted by atomic mass is 9.98. The van der Waals surface area contributed by atoms with Crippen molar-refractivity contribution in [2.45, 2.75) is 0 Å². The molecule has 3 nitrogen and oxygen atoms in total. The molecule has 8 aromatic carbocycles. The van der Waals surface area contributed by atoms with Crippen LogP contribution in [-0.4, -0.2) is 9.13 Å². The van der Waals surface area contributed by atoms with Crippen molar-refractivity contribution < 1.29 is 4.57 Å². The molecule has 0 radical (unpaired) electrons. The van der Waals surface area contributed by atoms with Gasteiger partial charge in [-0.2, -0.15) is 0 Å². The summed E-state index contributed by atoms with van der Waals surface area (Å²) >= 11 is 0. The predicted molar refractivity (Wildman–Crippen MR) is 228 cm³/mol. The van der Waals surface area contributed by atoms with E-state index in [9.17, 15) is 0 Å². The van der Waals surface area contributed by atoms with Gasteiger partial charge in [-0.3, -0.25) is 0 Å². The topological polar surface area (TPSA) is 26.9 Å². The van der Waals surface area contributed by atoms with Crippen molar-refractivity contribution in [3.63, 3.8) is 0 Å². The Kier molecular flexibility index (Phi) is 7.75. The average Bonchev–Trinajstić information content (AvgIpc) is 3.84. The molecule has 0 atom stereocenters. The number of benzene rings is 8. The van der Waals surface area contributed by atoms with Crippen molar-refractivity contribution >= 4 is 55.8 Å². The van der Waals surface area contributed by atoms with Crippen molar-refractivity contribution in [3.05, 3.63) is 212 Å². The second kappa shape index (κ2) is 13.1. The number of aromatic nitrogens is 2. The Hall–Kier alpha value is -6.67. The number of rotatable bonds is 7. The highest BCUT2D eigenvalue weighted by atomic mass is 31.2. The van der Waals surface area contributed by atoms with Gasteiger partial charge in [-0.25, -0.2) is 0 Å². The molecule has 0 bridgehead atoms. The Balaban J connectivity index is 1.16. The summed E-state index contributed by atoms with van der Waals surface area (Å²) in [5.74, 6) is 0. The van der Waals surface area contributed by atoms with Crippen LogP contribution in [0.5, 0.6) is 0 Å². The first kappa shape index (κ1) is 32.0. The van der Waals surface area contributed by atoms with E-state index in [0.29, 0.717) is 0 Å². The highest BCUT2D eigenvalue weighted by Crippen LogP contribution is 2.43. The monoisotopic (exact) mass is 710 g/mol. The maximum Gasteiger partial charge on any atom is 0.171 e. The van der Waals surface area contributed by atoms with Crippen molar-refractivity contribution in [1.29, 1.82) is 0 Å². The molecule has 0 saturated carbocycles. The number of fused-ring (bicyclic) bond motifs is 5. The molecule has 0 amide bonds. The molecule has 0 saturated heterocycles. The third-order valence-corrected chi connectivity index (χ3v) is 13.7. The molecule has 0 aliphatic carbocycles. The minimum Gasteiger partial charge on any atom is -0.316 e. The zero-order chi connectivity index (χ0) is 36.1. The van der Waals surface area contributed by atoms with Crippen LogP contribution in [0.15, 0.2) is 212 Å². The van der Waals surface area contributed by atoms with Gasteiger partial charge in [-0.15, -0.1) is 0 Å². The fourth-order valence-electron chi connectivity index (χ4n) is 8.05. The normalized spacial score (nSPS) is 11.8. The van der Waals surface area contributed by atoms with E-state index in [-0.39, 0.29) is 0 Å². The third-order valence-electron chi connectivity index (χ3n) is 10.6. The first-order chi connectivity index (χ1) is 26.7. The van der Waals surface area contributed by atoms with Crippen LogP contribution >= 0.6 is 7.14 Å². The Labute approximate surface area is 314 Å². The average molecular weight is 711 g/mol. The lowest BCUT2D eigenvalue weighted by molar-refractivity contribution is 0.592. The molecule has 0 fully saturated rings. The van der Waals surface area contributed by atoms with E-state index >= 15 is 4.57 Å². The van der Waals surface area contributed by atoms with Crippen LogP contribution in [0.3, 0.4) is 0 Å². The van der Waals surface area contributed by atoms with Crippen LogP contribution in [0.4, 0.5) is 0 Å². The molecular formula is C50H35N2OP. The second-order valence-corrected chi connectivity index (χ2v) is 16.5. The maximum atomic E-state index is 15.2. The summed E-state index contributed by atoms with van der Waals surface area (Å²) in [6, 6.07) is 71.6. The molecule has 2 aromatic heterocycles. The lowest BCUT2D eigenvalue weighted by Crippen LogP contribution is -2.24. The molecule has 54 heavy (non-hydrogen) atoms. The van der Waals surface area contributed by atoms with Crippen molar-refractivity contribution in [2.24, 2.45) is 0 Å². The summed E-state index contributed by atoms with van der Waals surface area (Å²) in [6.45, 7) is 0. The van der Waals surface area contributed by atoms with Gasteiger partial charge in [0.25, 0.3) is 0 Å². The first-order valence-corrected chi connectivity index (χ1v) is 20.0. The Morgan fingerprint density at radius 1 is 0.352 bits per heavy atom. The number of para-hydroxylation sites is 1. The molecule has 10 rings (SSSR count). The van der Waals surface area contributed by atoms with Gasteiger partial charge >= 0.3 is 0 Å². The lowest BCUT2D eigenvalue weighted by Gasteiger charge is -2.20. The van der Waals surface area contributed by atoms with E-state index in [2.05, 4.69) is 161 Å². The van der Waals surface area contributed by atoms with Crippen LogP contribution in [0.25, 0.3) is 66.3 Å². The van der Waals surface area contributed by atoms with Crippen LogP contribution < -0.4 is 15.9 Å². The number of hydrogen-bond acceptors (Lipinski definition) is 1. The molecule has 10 aromatic rings. The Bertz CT molecular complexity index is 2880. The van der Waals surface area contributed by atoms with Crippen LogP contribution in [0.2, 0.25) is 0 Å². The largest absolute Gasteiger partial charge is 0.316 e. The SMILES string of the molecule is O=P(c1ccccc1)(c1ccccc1)c1ccc(-n2c3ccccc3c3ccc4c(ccn4-c4cc(-c5ccccc5)cc(-c5ccccc5)c4)c32)cc1. The molecule has 0 spiro atoms. The highest BCUT2D eigenvalue weighted by molar-refractivity contribution is 7.85. The molecule has 0 unspecified atom stereocenters. The van der Waals surface area contributed by atoms with Gasteiger partial charge in [0, 0.05) is 49.6 Å². The fraction of sp³-hybridized carbons (Fsp3) is 0. The quantitative estimate of drug-likeness (QED) is 0.151. The molecule has 0 aliphatic heterocycles. The van der Waals surface area contributed by atoms with Gasteiger partial charge < -0.3 is 13.7 Å². The van der Waals surface area contributed by atoms with E-state index in [1.807, 2.05) is 60.7 Å². The second-order valence-electron chi connectivity index (χ2n) is 13.7. The van der Waals surface area contributed by atoms with Gasteiger partial charge in [-0.05, 0) is 82.9 Å². The van der Waals surface area contributed by atoms with Gasteiger partial charge in [-0.1, -0.05) is 146 Å². The third kappa shape index (κ3) is 5.24. The fourth-order valence-corrected chi connectivity index (χ4v) is 10.7. The summed E-state index contributed by atoms with van der Waals surface area (Å²) in [5, 5.41) is 6.03. The first-order valence-electron chi connectivity index (χ1n) is 18.3. The summed E-state index contributed by atoms with van der Waals surface area (Å²) in [7, 11) is -3.10. The standard InChI is InChI=1S/C50H35N2OP/c53-54(42-19-9-3-10-20-42,43-21-11-4-12-22-43)44-27-25-40(26-28-44)52-49-24-14-13-23-45(49)46-29-30-48-47(50(46)52)31-32-51(48)41-34-38(36-15-5-1-6-16-36)33-39(35-41)37-17-7-2-8-18-37/h1-35H. The molecule has 256 valence electrons. The molecular weight excluding hydrogens is 676 g/mol. The zero-order valence-electron chi connectivity index (χ0n) is 29.5. The van der Waals surface area contributed by atoms with E-state index in [1.165, 1.54) is 38.4 Å². The van der Waals surface area contributed by atoms with E-state index in [0.717, 1.165) is 43.8 Å². The zero-order valence-corrected chi connectivity index (χ0v) is 30.4. The summed E-state index contributed by atoms with van der Waals surface area (Å²) in [4.78, 5) is 0. The highest BCUT2D eigenvalue weighted by Gasteiger charge is 2.29. The van der Waals surface area contributed by atoms with E-state index < -0.39 is 7.14 Å². The Morgan fingerprint density at radius 2 is 0.870 bits per heavy atom. The molecule has 0 aliphatic rings. The summed E-state index contributed by atoms with van der Waals surface area (Å²) < 4.78 is 19.9. The number of hydrogen-bond donors (Lipinski definition) is 0. The van der Waals surface area contributed by atoms with Crippen LogP contribution in [0.1, 0.15) is 0 Å². The van der Waals surface area contributed by atoms with Crippen molar-refractivity contribution in [3.8, 4) is 33.6 Å². The van der Waals surface area contributed by atoms with Crippen LogP contribution in [-0.2, 0) is 4.57 Å². The predicted octanol–water partition coefficient (Wildman–Crippen LogP) is 11.7. The number of nitrogens with zero attached hydrogens (tertiary/aromatic N) is 2. The molecule has 4 heteroatoms.